The molecule has 1 aromatic rings. The van der Waals surface area contributed by atoms with E-state index in [1.165, 1.54) is 0 Å². The average molecular weight is 315 g/mol. The van der Waals surface area contributed by atoms with Crippen molar-refractivity contribution in [3.8, 4) is 0 Å². The fraction of sp³-hybridized carbons (Fsp3) is 0.571. The zero-order valence-electron chi connectivity index (χ0n) is 12.1. The Labute approximate surface area is 125 Å². The first-order valence-corrected chi connectivity index (χ1v) is 9.18. The maximum absolute atomic E-state index is 12.8. The van der Waals surface area contributed by atoms with Crippen LogP contribution in [0.3, 0.4) is 0 Å². The van der Waals surface area contributed by atoms with Gasteiger partial charge in [0, 0.05) is 24.1 Å². The number of aliphatic hydroxyl groups excluding tert-OH is 1. The van der Waals surface area contributed by atoms with Gasteiger partial charge in [0.15, 0.2) is 0 Å². The fourth-order valence-electron chi connectivity index (χ4n) is 2.47. The van der Waals surface area contributed by atoms with Gasteiger partial charge in [-0.15, -0.1) is 0 Å². The van der Waals surface area contributed by atoms with E-state index in [0.717, 1.165) is 16.9 Å². The zero-order valence-corrected chi connectivity index (χ0v) is 13.7. The molecule has 0 bridgehead atoms. The average Bonchev–Trinajstić information content (AvgIpc) is 2.38. The minimum atomic E-state index is -3.47. The van der Waals surface area contributed by atoms with Crippen molar-refractivity contribution in [2.45, 2.75) is 37.5 Å². The van der Waals surface area contributed by atoms with E-state index >= 15 is 0 Å². The molecule has 6 heteroatoms. The number of sulfonamides is 1. The predicted molar refractivity (Wildman–Crippen MR) is 82.5 cm³/mol. The van der Waals surface area contributed by atoms with E-state index in [1.54, 1.807) is 22.1 Å². The van der Waals surface area contributed by atoms with Crippen molar-refractivity contribution >= 4 is 21.8 Å². The topological polar surface area (TPSA) is 57.6 Å². The molecule has 0 amide bonds. The van der Waals surface area contributed by atoms with Crippen molar-refractivity contribution in [1.82, 2.24) is 4.31 Å². The second-order valence-corrected chi connectivity index (χ2v) is 8.70. The van der Waals surface area contributed by atoms with Gasteiger partial charge in [0.25, 0.3) is 0 Å². The summed E-state index contributed by atoms with van der Waals surface area (Å²) in [4.78, 5) is 0.325. The second-order valence-electron chi connectivity index (χ2n) is 5.25. The van der Waals surface area contributed by atoms with Gasteiger partial charge in [-0.1, -0.05) is 13.0 Å². The first-order valence-electron chi connectivity index (χ1n) is 6.69. The molecule has 1 fully saturated rings. The summed E-state index contributed by atoms with van der Waals surface area (Å²) < 4.78 is 27.1. The standard InChI is InChI=1S/C14H21NO3S2/c1-10-6-11(2)14(7-13(10)9-16)20(17,18)15-4-5-19-12(3)8-15/h6-7,12,16H,4-5,8-9H2,1-3H3. The number of nitrogens with zero attached hydrogens (tertiary/aromatic N) is 1. The third-order valence-electron chi connectivity index (χ3n) is 3.63. The van der Waals surface area contributed by atoms with Crippen molar-refractivity contribution in [3.05, 3.63) is 28.8 Å². The molecule has 1 atom stereocenters. The zero-order chi connectivity index (χ0) is 14.9. The van der Waals surface area contributed by atoms with Gasteiger partial charge in [0.1, 0.15) is 0 Å². The van der Waals surface area contributed by atoms with Gasteiger partial charge in [-0.3, -0.25) is 0 Å². The summed E-state index contributed by atoms with van der Waals surface area (Å²) in [5, 5.41) is 9.66. The van der Waals surface area contributed by atoms with E-state index in [0.29, 0.717) is 28.8 Å². The van der Waals surface area contributed by atoms with Crippen LogP contribution in [-0.2, 0) is 16.6 Å². The van der Waals surface area contributed by atoms with Crippen molar-refractivity contribution in [2.75, 3.05) is 18.8 Å². The number of thioether (sulfide) groups is 1. The van der Waals surface area contributed by atoms with Gasteiger partial charge in [0.2, 0.25) is 10.0 Å². The lowest BCUT2D eigenvalue weighted by molar-refractivity contribution is 0.280. The normalized spacial score (nSPS) is 21.1. The quantitative estimate of drug-likeness (QED) is 0.926. The summed E-state index contributed by atoms with van der Waals surface area (Å²) in [7, 11) is -3.47. The molecule has 20 heavy (non-hydrogen) atoms. The third-order valence-corrected chi connectivity index (χ3v) is 6.77. The monoisotopic (exact) mass is 315 g/mol. The highest BCUT2D eigenvalue weighted by molar-refractivity contribution is 8.00. The summed E-state index contributed by atoms with van der Waals surface area (Å²) in [6, 6.07) is 3.45. The van der Waals surface area contributed by atoms with E-state index < -0.39 is 10.0 Å². The van der Waals surface area contributed by atoms with E-state index in [9.17, 15) is 13.5 Å². The third kappa shape index (κ3) is 3.03. The van der Waals surface area contributed by atoms with Crippen LogP contribution < -0.4 is 0 Å². The Hall–Kier alpha value is -0.560. The van der Waals surface area contributed by atoms with Crippen molar-refractivity contribution in [1.29, 1.82) is 0 Å². The maximum Gasteiger partial charge on any atom is 0.243 e. The minimum absolute atomic E-state index is 0.138. The molecule has 2 rings (SSSR count). The molecule has 1 aliphatic heterocycles. The van der Waals surface area contributed by atoms with Gasteiger partial charge >= 0.3 is 0 Å². The number of benzene rings is 1. The maximum atomic E-state index is 12.8. The summed E-state index contributed by atoms with van der Waals surface area (Å²) in [5.41, 5.74) is 2.34. The van der Waals surface area contributed by atoms with E-state index in [4.69, 9.17) is 0 Å². The van der Waals surface area contributed by atoms with Crippen LogP contribution in [0.5, 0.6) is 0 Å². The Balaban J connectivity index is 2.43. The summed E-state index contributed by atoms with van der Waals surface area (Å²) in [6.45, 7) is 6.71. The Kier molecular flexibility index (Phi) is 4.79. The molecule has 1 heterocycles. The van der Waals surface area contributed by atoms with Crippen molar-refractivity contribution < 1.29 is 13.5 Å². The first kappa shape index (κ1) is 15.8. The van der Waals surface area contributed by atoms with Gasteiger partial charge < -0.3 is 5.11 Å². The predicted octanol–water partition coefficient (Wildman–Crippen LogP) is 1.92. The van der Waals surface area contributed by atoms with Gasteiger partial charge in [0.05, 0.1) is 11.5 Å². The van der Waals surface area contributed by atoms with E-state index in [-0.39, 0.29) is 6.61 Å². The summed E-state index contributed by atoms with van der Waals surface area (Å²) in [6.07, 6.45) is 0. The Morgan fingerprint density at radius 1 is 1.35 bits per heavy atom. The van der Waals surface area contributed by atoms with Crippen molar-refractivity contribution in [2.24, 2.45) is 0 Å². The lowest BCUT2D eigenvalue weighted by Crippen LogP contribution is -2.41. The van der Waals surface area contributed by atoms with Gasteiger partial charge in [-0.25, -0.2) is 8.42 Å². The first-order chi connectivity index (χ1) is 9.36. The Morgan fingerprint density at radius 3 is 2.65 bits per heavy atom. The molecule has 0 radical (unpaired) electrons. The van der Waals surface area contributed by atoms with E-state index in [2.05, 4.69) is 0 Å². The van der Waals surface area contributed by atoms with Crippen LogP contribution in [0, 0.1) is 13.8 Å². The number of aryl methyl sites for hydroxylation is 2. The number of aliphatic hydroxyl groups is 1. The smallest absolute Gasteiger partial charge is 0.243 e. The molecule has 1 N–H and O–H groups in total. The Bertz CT molecular complexity index is 599. The number of hydrogen-bond donors (Lipinski definition) is 1. The van der Waals surface area contributed by atoms with Gasteiger partial charge in [-0.05, 0) is 36.6 Å². The van der Waals surface area contributed by atoms with Crippen LogP contribution in [-0.4, -0.2) is 41.9 Å². The molecular formula is C14H21NO3S2. The highest BCUT2D eigenvalue weighted by Gasteiger charge is 2.30. The second kappa shape index (κ2) is 6.05. The molecule has 1 saturated heterocycles. The lowest BCUT2D eigenvalue weighted by atomic mass is 10.1. The number of rotatable bonds is 3. The molecule has 1 aromatic carbocycles. The van der Waals surface area contributed by atoms with E-state index in [1.807, 2.05) is 26.8 Å². The molecule has 1 unspecified atom stereocenters. The molecule has 0 saturated carbocycles. The number of hydrogen-bond acceptors (Lipinski definition) is 4. The molecule has 0 spiro atoms. The molecule has 0 aromatic heterocycles. The highest BCUT2D eigenvalue weighted by Crippen LogP contribution is 2.27. The Morgan fingerprint density at radius 2 is 2.05 bits per heavy atom. The molecule has 0 aliphatic carbocycles. The summed E-state index contributed by atoms with van der Waals surface area (Å²) >= 11 is 1.80. The van der Waals surface area contributed by atoms with Crippen LogP contribution in [0.15, 0.2) is 17.0 Å². The minimum Gasteiger partial charge on any atom is -0.392 e. The van der Waals surface area contributed by atoms with Crippen LogP contribution in [0.1, 0.15) is 23.6 Å². The fourth-order valence-corrected chi connectivity index (χ4v) is 5.48. The molecule has 112 valence electrons. The SMILES string of the molecule is Cc1cc(C)c(S(=O)(=O)N2CCSC(C)C2)cc1CO. The van der Waals surface area contributed by atoms with Crippen LogP contribution >= 0.6 is 11.8 Å². The van der Waals surface area contributed by atoms with Gasteiger partial charge in [-0.2, -0.15) is 16.1 Å². The molecule has 1 aliphatic rings. The molecular weight excluding hydrogens is 294 g/mol. The van der Waals surface area contributed by atoms with Crippen LogP contribution in [0.2, 0.25) is 0 Å². The molecule has 4 nitrogen and oxygen atoms in total. The largest absolute Gasteiger partial charge is 0.392 e. The van der Waals surface area contributed by atoms with Crippen LogP contribution in [0.25, 0.3) is 0 Å². The van der Waals surface area contributed by atoms with Crippen LogP contribution in [0.4, 0.5) is 0 Å². The summed E-state index contributed by atoms with van der Waals surface area (Å²) in [5.74, 6) is 0.832. The highest BCUT2D eigenvalue weighted by atomic mass is 32.2. The van der Waals surface area contributed by atoms with Crippen molar-refractivity contribution in [3.63, 3.8) is 0 Å². The lowest BCUT2D eigenvalue weighted by Gasteiger charge is -2.30.